The van der Waals surface area contributed by atoms with E-state index in [1.165, 1.54) is 31.2 Å². The predicted molar refractivity (Wildman–Crippen MR) is 108 cm³/mol. The van der Waals surface area contributed by atoms with Crippen molar-refractivity contribution in [2.45, 2.75) is 76.2 Å². The van der Waals surface area contributed by atoms with Crippen molar-refractivity contribution in [2.24, 2.45) is 10.8 Å². The smallest absolute Gasteiger partial charge is 0.331 e. The van der Waals surface area contributed by atoms with Crippen LogP contribution in [0.3, 0.4) is 0 Å². The zero-order valence-electron chi connectivity index (χ0n) is 17.8. The van der Waals surface area contributed by atoms with Crippen LogP contribution < -0.4 is 0 Å². The van der Waals surface area contributed by atoms with Crippen LogP contribution in [0.4, 0.5) is 0 Å². The molecule has 7 nitrogen and oxygen atoms in total. The van der Waals surface area contributed by atoms with Crippen LogP contribution in [0, 0.1) is 10.8 Å². The van der Waals surface area contributed by atoms with E-state index in [1.54, 1.807) is 0 Å². The molecule has 7 heteroatoms. The van der Waals surface area contributed by atoms with E-state index < -0.39 is 29.2 Å². The van der Waals surface area contributed by atoms with Gasteiger partial charge >= 0.3 is 5.97 Å². The molecule has 3 fully saturated rings. The number of allylic oxidation sites excluding steroid dienone is 2. The van der Waals surface area contributed by atoms with Gasteiger partial charge in [0.2, 0.25) is 0 Å². The maximum absolute atomic E-state index is 12.5. The summed E-state index contributed by atoms with van der Waals surface area (Å²) in [6, 6.07) is 0. The van der Waals surface area contributed by atoms with Gasteiger partial charge in [0.1, 0.15) is 11.7 Å². The fourth-order valence-corrected chi connectivity index (χ4v) is 5.72. The van der Waals surface area contributed by atoms with Gasteiger partial charge in [-0.05, 0) is 25.3 Å². The lowest BCUT2D eigenvalue weighted by atomic mass is 9.52. The summed E-state index contributed by atoms with van der Waals surface area (Å²) < 4.78 is 18.3. The van der Waals surface area contributed by atoms with Crippen molar-refractivity contribution in [3.05, 3.63) is 36.0 Å². The second-order valence-corrected chi connectivity index (χ2v) is 9.46. The Labute approximate surface area is 177 Å². The number of rotatable bonds is 6. The molecule has 2 bridgehead atoms. The molecule has 4 aliphatic rings. The summed E-state index contributed by atoms with van der Waals surface area (Å²) in [4.78, 5) is 12.5. The minimum absolute atomic E-state index is 0.0411. The number of carbonyl (C=O) groups is 1. The van der Waals surface area contributed by atoms with Gasteiger partial charge in [-0.1, -0.05) is 38.2 Å². The molecule has 1 saturated carbocycles. The summed E-state index contributed by atoms with van der Waals surface area (Å²) in [5.41, 5.74) is -0.0904. The number of epoxide rings is 1. The largest absolute Gasteiger partial charge is 0.458 e. The summed E-state index contributed by atoms with van der Waals surface area (Å²) >= 11 is 0. The third-order valence-electron chi connectivity index (χ3n) is 8.01. The van der Waals surface area contributed by atoms with Gasteiger partial charge in [0, 0.05) is 23.3 Å². The third kappa shape index (κ3) is 3.10. The van der Waals surface area contributed by atoms with Gasteiger partial charge < -0.3 is 29.5 Å². The topological polar surface area (TPSA) is 109 Å². The number of hydrogen-bond acceptors (Lipinski definition) is 7. The molecule has 8 atom stereocenters. The van der Waals surface area contributed by atoms with E-state index in [-0.39, 0.29) is 30.3 Å². The molecule has 2 aliphatic carbocycles. The number of fused-ring (bicyclic) bond motifs is 2. The van der Waals surface area contributed by atoms with Gasteiger partial charge in [0.15, 0.2) is 0 Å². The maximum atomic E-state index is 12.5. The van der Waals surface area contributed by atoms with Crippen molar-refractivity contribution in [1.82, 2.24) is 0 Å². The molecule has 0 aromatic rings. The molecular formula is C23H32O7. The van der Waals surface area contributed by atoms with E-state index in [1.807, 2.05) is 6.08 Å². The van der Waals surface area contributed by atoms with Crippen LogP contribution in [0.15, 0.2) is 36.0 Å². The highest BCUT2D eigenvalue weighted by atomic mass is 16.6. The number of aliphatic hydroxyl groups is 3. The standard InChI is InChI=1S/C23H32O7/c1-14(25)16(26)6-4-5-7-20(27)30-18-11-19-23(13-28-23)22(18,3)21(2)9-8-15(12-24)10-17(21)29-19/h4-7,10,14,16-19,24-26H,8-9,11-13H2,1-3H3/b6-4+,7-5+/t14-,16+,17-,18+,19+,21+,22+,23-/m1/s1. The van der Waals surface area contributed by atoms with Crippen molar-refractivity contribution in [1.29, 1.82) is 0 Å². The van der Waals surface area contributed by atoms with Gasteiger partial charge in [-0.3, -0.25) is 0 Å². The quantitative estimate of drug-likeness (QED) is 0.196. The molecule has 0 aromatic carbocycles. The lowest BCUT2D eigenvalue weighted by Gasteiger charge is -2.57. The van der Waals surface area contributed by atoms with Crippen LogP contribution in [0.25, 0.3) is 0 Å². The first-order valence-corrected chi connectivity index (χ1v) is 10.7. The first-order chi connectivity index (χ1) is 14.2. The van der Waals surface area contributed by atoms with E-state index in [9.17, 15) is 20.1 Å². The summed E-state index contributed by atoms with van der Waals surface area (Å²) in [6.07, 6.45) is 7.53. The fraction of sp³-hybridized carbons (Fsp3) is 0.696. The van der Waals surface area contributed by atoms with Crippen molar-refractivity contribution < 1.29 is 34.3 Å². The lowest BCUT2D eigenvalue weighted by Crippen LogP contribution is -2.63. The Balaban J connectivity index is 1.52. The first kappa shape index (κ1) is 21.7. The Hall–Kier alpha value is -1.51. The Kier molecular flexibility index (Phi) is 5.48. The van der Waals surface area contributed by atoms with Gasteiger partial charge in [0.25, 0.3) is 0 Å². The van der Waals surface area contributed by atoms with Crippen LogP contribution in [-0.4, -0.2) is 70.6 Å². The molecule has 0 aromatic heterocycles. The highest BCUT2D eigenvalue weighted by Gasteiger charge is 2.81. The number of ether oxygens (including phenoxy) is 3. The molecule has 0 amide bonds. The Morgan fingerprint density at radius 3 is 2.73 bits per heavy atom. The summed E-state index contributed by atoms with van der Waals surface area (Å²) in [5, 5.41) is 28.4. The highest BCUT2D eigenvalue weighted by Crippen LogP contribution is 2.71. The monoisotopic (exact) mass is 420 g/mol. The van der Waals surface area contributed by atoms with Gasteiger partial charge in [-0.2, -0.15) is 0 Å². The zero-order chi connectivity index (χ0) is 21.7. The van der Waals surface area contributed by atoms with E-state index in [0.717, 1.165) is 18.4 Å². The molecule has 1 spiro atoms. The van der Waals surface area contributed by atoms with Gasteiger partial charge in [-0.15, -0.1) is 0 Å². The Bertz CT molecular complexity index is 780. The van der Waals surface area contributed by atoms with Crippen LogP contribution in [0.1, 0.15) is 40.0 Å². The number of aliphatic hydroxyl groups excluding tert-OH is 3. The molecule has 0 radical (unpaired) electrons. The molecule has 30 heavy (non-hydrogen) atoms. The Morgan fingerprint density at radius 2 is 2.10 bits per heavy atom. The van der Waals surface area contributed by atoms with Gasteiger partial charge in [-0.25, -0.2) is 4.79 Å². The maximum Gasteiger partial charge on any atom is 0.331 e. The fourth-order valence-electron chi connectivity index (χ4n) is 5.72. The predicted octanol–water partition coefficient (Wildman–Crippen LogP) is 1.42. The number of hydrogen-bond donors (Lipinski definition) is 3. The second kappa shape index (κ2) is 7.57. The molecule has 0 unspecified atom stereocenters. The Morgan fingerprint density at radius 1 is 1.37 bits per heavy atom. The van der Waals surface area contributed by atoms with Crippen LogP contribution in [-0.2, 0) is 19.0 Å². The lowest BCUT2D eigenvalue weighted by molar-refractivity contribution is -0.209. The molecule has 2 saturated heterocycles. The van der Waals surface area contributed by atoms with Crippen LogP contribution in [0.2, 0.25) is 0 Å². The average Bonchev–Trinajstić information content (AvgIpc) is 3.48. The van der Waals surface area contributed by atoms with E-state index in [2.05, 4.69) is 13.8 Å². The van der Waals surface area contributed by atoms with Gasteiger partial charge in [0.05, 0.1) is 37.6 Å². The minimum atomic E-state index is -0.984. The molecule has 4 rings (SSSR count). The number of carbonyl (C=O) groups excluding carboxylic acids is 1. The number of esters is 1. The zero-order valence-corrected chi connectivity index (χ0v) is 17.8. The third-order valence-corrected chi connectivity index (χ3v) is 8.01. The summed E-state index contributed by atoms with van der Waals surface area (Å²) in [5.74, 6) is -0.455. The first-order valence-electron chi connectivity index (χ1n) is 10.7. The van der Waals surface area contributed by atoms with Crippen molar-refractivity contribution in [3.8, 4) is 0 Å². The summed E-state index contributed by atoms with van der Waals surface area (Å²) in [7, 11) is 0. The molecule has 2 heterocycles. The molecular weight excluding hydrogens is 388 g/mol. The normalized spacial score (nSPS) is 44.2. The van der Waals surface area contributed by atoms with Crippen LogP contribution >= 0.6 is 0 Å². The van der Waals surface area contributed by atoms with E-state index in [4.69, 9.17) is 14.2 Å². The SMILES string of the molecule is C[C@@H](O)[C@@H](O)/C=C/C=C/C(=O)O[C@H]1C[C@@H]2O[C@@H]3C=C(CO)CC[C@]3(C)[C@@]1(C)[C@@]21CO1. The second-order valence-electron chi connectivity index (χ2n) is 9.46. The summed E-state index contributed by atoms with van der Waals surface area (Å²) in [6.45, 7) is 6.48. The molecule has 3 N–H and O–H groups in total. The molecule has 166 valence electrons. The van der Waals surface area contributed by atoms with Crippen LogP contribution in [0.5, 0.6) is 0 Å². The van der Waals surface area contributed by atoms with E-state index in [0.29, 0.717) is 13.0 Å². The molecule has 2 aliphatic heterocycles. The van der Waals surface area contributed by atoms with Crippen molar-refractivity contribution in [3.63, 3.8) is 0 Å². The minimum Gasteiger partial charge on any atom is -0.458 e. The average molecular weight is 421 g/mol. The van der Waals surface area contributed by atoms with E-state index >= 15 is 0 Å². The highest BCUT2D eigenvalue weighted by molar-refractivity contribution is 5.82. The van der Waals surface area contributed by atoms with Crippen molar-refractivity contribution >= 4 is 5.97 Å². The van der Waals surface area contributed by atoms with Crippen molar-refractivity contribution in [2.75, 3.05) is 13.2 Å².